The summed E-state index contributed by atoms with van der Waals surface area (Å²) in [7, 11) is 0. The number of carbonyl (C=O) groups is 2. The lowest BCUT2D eigenvalue weighted by molar-refractivity contribution is -0.150. The smallest absolute Gasteiger partial charge is 0.354 e. The molecular weight excluding hydrogens is 182 g/mol. The summed E-state index contributed by atoms with van der Waals surface area (Å²) in [5, 5.41) is 0. The van der Waals surface area contributed by atoms with E-state index in [0.29, 0.717) is 18.7 Å². The van der Waals surface area contributed by atoms with E-state index in [1.807, 2.05) is 13.0 Å². The first-order valence-electron chi connectivity index (χ1n) is 4.86. The van der Waals surface area contributed by atoms with Gasteiger partial charge in [0, 0.05) is 6.42 Å². The average Bonchev–Trinajstić information content (AvgIpc) is 2.38. The molecule has 2 heterocycles. The fraction of sp³-hybridized carbons (Fsp3) is 0.600. The molecule has 0 aliphatic carbocycles. The molecule has 2 aliphatic heterocycles. The third-order valence-electron chi connectivity index (χ3n) is 2.76. The Morgan fingerprint density at radius 3 is 3.00 bits per heavy atom. The van der Waals surface area contributed by atoms with E-state index >= 15 is 0 Å². The fourth-order valence-corrected chi connectivity index (χ4v) is 1.99. The van der Waals surface area contributed by atoms with Crippen molar-refractivity contribution < 1.29 is 14.3 Å². The van der Waals surface area contributed by atoms with Crippen LogP contribution in [0.1, 0.15) is 20.3 Å². The predicted molar refractivity (Wildman–Crippen MR) is 49.1 cm³/mol. The molecule has 0 spiro atoms. The van der Waals surface area contributed by atoms with E-state index < -0.39 is 0 Å². The van der Waals surface area contributed by atoms with Gasteiger partial charge in [-0.25, -0.2) is 4.79 Å². The molecule has 2 rings (SSSR count). The molecule has 4 nitrogen and oxygen atoms in total. The van der Waals surface area contributed by atoms with E-state index in [4.69, 9.17) is 4.74 Å². The van der Waals surface area contributed by atoms with E-state index in [1.165, 1.54) is 0 Å². The number of carbonyl (C=O) groups excluding carboxylic acids is 2. The minimum absolute atomic E-state index is 0.0265. The van der Waals surface area contributed by atoms with Gasteiger partial charge in [-0.05, 0) is 18.9 Å². The largest absolute Gasteiger partial charge is 0.461 e. The van der Waals surface area contributed by atoms with Crippen molar-refractivity contribution in [2.45, 2.75) is 26.3 Å². The molecule has 0 aromatic heterocycles. The molecule has 1 amide bonds. The van der Waals surface area contributed by atoms with Gasteiger partial charge in [-0.1, -0.05) is 6.92 Å². The van der Waals surface area contributed by atoms with Crippen LogP contribution in [0.15, 0.2) is 11.8 Å². The second kappa shape index (κ2) is 3.12. The summed E-state index contributed by atoms with van der Waals surface area (Å²) in [6.07, 6.45) is 2.38. The Hall–Kier alpha value is -1.32. The highest BCUT2D eigenvalue weighted by molar-refractivity contribution is 5.98. The number of esters is 1. The van der Waals surface area contributed by atoms with Gasteiger partial charge >= 0.3 is 5.97 Å². The van der Waals surface area contributed by atoms with Crippen molar-refractivity contribution in [2.24, 2.45) is 5.92 Å². The third-order valence-corrected chi connectivity index (χ3v) is 2.76. The Bertz CT molecular complexity index is 321. The van der Waals surface area contributed by atoms with E-state index in [1.54, 1.807) is 11.8 Å². The molecule has 2 unspecified atom stereocenters. The number of β-lactam (4-membered cyclic amide) rings is 1. The number of rotatable bonds is 2. The molecule has 0 saturated carbocycles. The minimum atomic E-state index is -0.380. The highest BCUT2D eigenvalue weighted by Gasteiger charge is 2.47. The second-order valence-corrected chi connectivity index (χ2v) is 3.67. The van der Waals surface area contributed by atoms with Crippen molar-refractivity contribution in [2.75, 3.05) is 6.61 Å². The van der Waals surface area contributed by atoms with E-state index in [2.05, 4.69) is 0 Å². The van der Waals surface area contributed by atoms with E-state index in [9.17, 15) is 9.59 Å². The third kappa shape index (κ3) is 1.14. The molecule has 14 heavy (non-hydrogen) atoms. The summed E-state index contributed by atoms with van der Waals surface area (Å²) in [6, 6.07) is 0.196. The maximum atomic E-state index is 11.4. The predicted octanol–water partition coefficient (Wildman–Crippen LogP) is 0.684. The summed E-state index contributed by atoms with van der Waals surface area (Å²) >= 11 is 0. The van der Waals surface area contributed by atoms with Crippen LogP contribution >= 0.6 is 0 Å². The monoisotopic (exact) mass is 195 g/mol. The summed E-state index contributed by atoms with van der Waals surface area (Å²) in [5.74, 6) is -0.0827. The van der Waals surface area contributed by atoms with Crippen LogP contribution in [0.3, 0.4) is 0 Å². The lowest BCUT2D eigenvalue weighted by atomic mass is 9.94. The molecule has 0 radical (unpaired) electrons. The Morgan fingerprint density at radius 1 is 1.71 bits per heavy atom. The van der Waals surface area contributed by atoms with Crippen molar-refractivity contribution in [1.82, 2.24) is 4.90 Å². The van der Waals surface area contributed by atoms with Gasteiger partial charge in [-0.3, -0.25) is 4.79 Å². The maximum absolute atomic E-state index is 11.4. The van der Waals surface area contributed by atoms with Gasteiger partial charge in [0.2, 0.25) is 5.91 Å². The molecule has 76 valence electrons. The van der Waals surface area contributed by atoms with Crippen LogP contribution in [-0.4, -0.2) is 29.4 Å². The van der Waals surface area contributed by atoms with Gasteiger partial charge in [-0.15, -0.1) is 0 Å². The van der Waals surface area contributed by atoms with Crippen LogP contribution < -0.4 is 0 Å². The number of hydrogen-bond acceptors (Lipinski definition) is 3. The molecule has 4 heteroatoms. The number of amides is 1. The Kier molecular flexibility index (Phi) is 2.06. The van der Waals surface area contributed by atoms with Crippen molar-refractivity contribution in [3.05, 3.63) is 11.8 Å². The topological polar surface area (TPSA) is 46.6 Å². The minimum Gasteiger partial charge on any atom is -0.461 e. The number of hydrogen-bond donors (Lipinski definition) is 0. The van der Waals surface area contributed by atoms with Gasteiger partial charge < -0.3 is 9.64 Å². The quantitative estimate of drug-likeness (QED) is 0.481. The molecule has 0 bridgehead atoms. The van der Waals surface area contributed by atoms with Gasteiger partial charge in [-0.2, -0.15) is 0 Å². The van der Waals surface area contributed by atoms with Crippen LogP contribution in [0.4, 0.5) is 0 Å². The summed E-state index contributed by atoms with van der Waals surface area (Å²) in [5.41, 5.74) is 0.431. The Labute approximate surface area is 82.5 Å². The first-order chi connectivity index (χ1) is 6.65. The highest BCUT2D eigenvalue weighted by atomic mass is 16.5. The lowest BCUT2D eigenvalue weighted by Gasteiger charge is -2.37. The first kappa shape index (κ1) is 9.24. The van der Waals surface area contributed by atoms with Gasteiger partial charge in [0.1, 0.15) is 5.70 Å². The summed E-state index contributed by atoms with van der Waals surface area (Å²) < 4.78 is 4.87. The maximum Gasteiger partial charge on any atom is 0.354 e. The van der Waals surface area contributed by atoms with Gasteiger partial charge in [0.05, 0.1) is 12.6 Å². The molecule has 0 aromatic carbocycles. The van der Waals surface area contributed by atoms with Gasteiger partial charge in [0.15, 0.2) is 0 Å². The SMILES string of the molecule is CCOC(=O)C1=CC(C)C2CC(=O)N12. The van der Waals surface area contributed by atoms with E-state index in [0.717, 1.165) is 0 Å². The first-order valence-corrected chi connectivity index (χ1v) is 4.86. The van der Waals surface area contributed by atoms with Crippen LogP contribution in [0, 0.1) is 5.92 Å². The molecule has 1 fully saturated rings. The molecule has 1 saturated heterocycles. The molecule has 0 N–H and O–H groups in total. The van der Waals surface area contributed by atoms with Crippen LogP contribution in [0.2, 0.25) is 0 Å². The van der Waals surface area contributed by atoms with Crippen molar-refractivity contribution in [3.63, 3.8) is 0 Å². The van der Waals surface area contributed by atoms with E-state index in [-0.39, 0.29) is 23.8 Å². The van der Waals surface area contributed by atoms with Gasteiger partial charge in [0.25, 0.3) is 0 Å². The average molecular weight is 195 g/mol. The zero-order chi connectivity index (χ0) is 10.3. The molecule has 2 atom stereocenters. The summed E-state index contributed by atoms with van der Waals surface area (Å²) in [6.45, 7) is 4.11. The molecular formula is C10H13NO3. The number of fused-ring (bicyclic) bond motifs is 1. The number of nitrogens with zero attached hydrogens (tertiary/aromatic N) is 1. The summed E-state index contributed by atoms with van der Waals surface area (Å²) in [4.78, 5) is 24.3. The number of ether oxygens (including phenoxy) is 1. The Balaban J connectivity index is 2.15. The van der Waals surface area contributed by atoms with Crippen LogP contribution in [-0.2, 0) is 14.3 Å². The van der Waals surface area contributed by atoms with Crippen molar-refractivity contribution in [1.29, 1.82) is 0 Å². The zero-order valence-corrected chi connectivity index (χ0v) is 8.32. The zero-order valence-electron chi connectivity index (χ0n) is 8.32. The molecule has 2 aliphatic rings. The normalized spacial score (nSPS) is 29.4. The van der Waals surface area contributed by atoms with Crippen molar-refractivity contribution >= 4 is 11.9 Å². The molecule has 0 aromatic rings. The van der Waals surface area contributed by atoms with Crippen molar-refractivity contribution in [3.8, 4) is 0 Å². The van der Waals surface area contributed by atoms with Crippen LogP contribution in [0.5, 0.6) is 0 Å². The van der Waals surface area contributed by atoms with Crippen LogP contribution in [0.25, 0.3) is 0 Å². The lowest BCUT2D eigenvalue weighted by Crippen LogP contribution is -2.51. The highest BCUT2D eigenvalue weighted by Crippen LogP contribution is 2.37. The Morgan fingerprint density at radius 2 is 2.43 bits per heavy atom. The standard InChI is InChI=1S/C10H13NO3/c1-3-14-10(13)8-4-6(2)7-5-9(12)11(7)8/h4,6-7H,3,5H2,1-2H3. The second-order valence-electron chi connectivity index (χ2n) is 3.67. The fourth-order valence-electron chi connectivity index (χ4n) is 1.99.